The molecule has 2 rings (SSSR count). The van der Waals surface area contributed by atoms with Crippen LogP contribution in [0.1, 0.15) is 54.9 Å². The van der Waals surface area contributed by atoms with Crippen LogP contribution < -0.4 is 5.32 Å². The van der Waals surface area contributed by atoms with Crippen LogP contribution in [-0.2, 0) is 0 Å². The molecule has 19 heavy (non-hydrogen) atoms. The van der Waals surface area contributed by atoms with Gasteiger partial charge in [0.15, 0.2) is 0 Å². The van der Waals surface area contributed by atoms with E-state index in [9.17, 15) is 9.90 Å². The van der Waals surface area contributed by atoms with Gasteiger partial charge in [-0.05, 0) is 48.9 Å². The summed E-state index contributed by atoms with van der Waals surface area (Å²) in [7, 11) is 0. The Morgan fingerprint density at radius 3 is 2.63 bits per heavy atom. The average Bonchev–Trinajstić information content (AvgIpc) is 2.37. The van der Waals surface area contributed by atoms with Crippen molar-refractivity contribution in [3.8, 4) is 5.75 Å². The van der Waals surface area contributed by atoms with Crippen molar-refractivity contribution in [3.63, 3.8) is 0 Å². The van der Waals surface area contributed by atoms with Crippen molar-refractivity contribution in [3.05, 3.63) is 29.3 Å². The lowest BCUT2D eigenvalue weighted by molar-refractivity contribution is 0.0918. The van der Waals surface area contributed by atoms with Crippen LogP contribution in [0.15, 0.2) is 18.2 Å². The Kier molecular flexibility index (Phi) is 4.13. The van der Waals surface area contributed by atoms with Crippen LogP contribution in [-0.4, -0.2) is 17.6 Å². The standard InChI is InChI=1S/C16H23NO2/c1-12-10-13(18)6-7-14(12)15(19)17-11-16(2)8-4-3-5-9-16/h6-7,10,18H,3-5,8-9,11H2,1-2H3,(H,17,19). The fourth-order valence-corrected chi connectivity index (χ4v) is 2.87. The number of phenolic OH excluding ortho intramolecular Hbond substituents is 1. The summed E-state index contributed by atoms with van der Waals surface area (Å²) in [6.07, 6.45) is 6.25. The number of aryl methyl sites for hydroxylation is 1. The first-order valence-electron chi connectivity index (χ1n) is 7.08. The van der Waals surface area contributed by atoms with Crippen LogP contribution in [0.5, 0.6) is 5.75 Å². The molecule has 0 atom stereocenters. The van der Waals surface area contributed by atoms with E-state index in [4.69, 9.17) is 0 Å². The average molecular weight is 261 g/mol. The summed E-state index contributed by atoms with van der Waals surface area (Å²) in [4.78, 5) is 12.2. The summed E-state index contributed by atoms with van der Waals surface area (Å²) in [5.74, 6) is 0.164. The molecule has 1 aliphatic rings. The van der Waals surface area contributed by atoms with Crippen molar-refractivity contribution >= 4 is 5.91 Å². The van der Waals surface area contributed by atoms with Crippen LogP contribution in [0.4, 0.5) is 0 Å². The molecular formula is C16H23NO2. The van der Waals surface area contributed by atoms with Gasteiger partial charge in [-0.3, -0.25) is 4.79 Å². The summed E-state index contributed by atoms with van der Waals surface area (Å²) >= 11 is 0. The fraction of sp³-hybridized carbons (Fsp3) is 0.562. The lowest BCUT2D eigenvalue weighted by atomic mass is 9.76. The molecule has 2 N–H and O–H groups in total. The second-order valence-corrected chi connectivity index (χ2v) is 6.05. The van der Waals surface area contributed by atoms with E-state index in [0.717, 1.165) is 12.1 Å². The first-order valence-corrected chi connectivity index (χ1v) is 7.08. The minimum absolute atomic E-state index is 0.0377. The maximum absolute atomic E-state index is 12.2. The van der Waals surface area contributed by atoms with Crippen molar-refractivity contribution < 1.29 is 9.90 Å². The Balaban J connectivity index is 1.97. The second-order valence-electron chi connectivity index (χ2n) is 6.05. The Labute approximate surface area is 115 Å². The van der Waals surface area contributed by atoms with E-state index in [1.807, 2.05) is 6.92 Å². The third-order valence-corrected chi connectivity index (χ3v) is 4.19. The molecule has 1 aromatic carbocycles. The van der Waals surface area contributed by atoms with Crippen molar-refractivity contribution in [1.82, 2.24) is 5.32 Å². The molecule has 0 aliphatic heterocycles. The number of carbonyl (C=O) groups is 1. The van der Waals surface area contributed by atoms with E-state index in [2.05, 4.69) is 12.2 Å². The number of amides is 1. The first-order chi connectivity index (χ1) is 9.00. The zero-order valence-electron chi connectivity index (χ0n) is 11.8. The molecule has 0 unspecified atom stereocenters. The van der Waals surface area contributed by atoms with E-state index < -0.39 is 0 Å². The largest absolute Gasteiger partial charge is 0.508 e. The number of hydrogen-bond acceptors (Lipinski definition) is 2. The molecule has 0 heterocycles. The van der Waals surface area contributed by atoms with Crippen LogP contribution in [0.3, 0.4) is 0 Å². The fourth-order valence-electron chi connectivity index (χ4n) is 2.87. The van der Waals surface area contributed by atoms with Crippen molar-refractivity contribution in [2.24, 2.45) is 5.41 Å². The maximum Gasteiger partial charge on any atom is 0.251 e. The minimum Gasteiger partial charge on any atom is -0.508 e. The first kappa shape index (κ1) is 13.9. The summed E-state index contributed by atoms with van der Waals surface area (Å²) in [6, 6.07) is 4.87. The van der Waals surface area contributed by atoms with Crippen LogP contribution >= 0.6 is 0 Å². The van der Waals surface area contributed by atoms with Gasteiger partial charge in [0.05, 0.1) is 0 Å². The zero-order chi connectivity index (χ0) is 13.9. The van der Waals surface area contributed by atoms with Gasteiger partial charge in [-0.15, -0.1) is 0 Å². The SMILES string of the molecule is Cc1cc(O)ccc1C(=O)NCC1(C)CCCCC1. The molecule has 3 heteroatoms. The highest BCUT2D eigenvalue weighted by atomic mass is 16.3. The molecule has 1 aliphatic carbocycles. The van der Waals surface area contributed by atoms with E-state index in [1.54, 1.807) is 18.2 Å². The molecule has 3 nitrogen and oxygen atoms in total. The number of rotatable bonds is 3. The van der Waals surface area contributed by atoms with E-state index in [0.29, 0.717) is 5.56 Å². The highest BCUT2D eigenvalue weighted by molar-refractivity contribution is 5.95. The summed E-state index contributed by atoms with van der Waals surface area (Å²) < 4.78 is 0. The summed E-state index contributed by atoms with van der Waals surface area (Å²) in [6.45, 7) is 4.85. The lowest BCUT2D eigenvalue weighted by Gasteiger charge is -2.33. The molecule has 0 radical (unpaired) electrons. The molecule has 0 saturated heterocycles. The van der Waals surface area contributed by atoms with Gasteiger partial charge in [-0.1, -0.05) is 26.2 Å². The number of carbonyl (C=O) groups excluding carboxylic acids is 1. The van der Waals surface area contributed by atoms with Gasteiger partial charge in [0.1, 0.15) is 5.75 Å². The zero-order valence-corrected chi connectivity index (χ0v) is 11.8. The van der Waals surface area contributed by atoms with Gasteiger partial charge >= 0.3 is 0 Å². The summed E-state index contributed by atoms with van der Waals surface area (Å²) in [5, 5.41) is 12.4. The van der Waals surface area contributed by atoms with Crippen molar-refractivity contribution in [1.29, 1.82) is 0 Å². The molecule has 104 valence electrons. The molecule has 1 saturated carbocycles. The van der Waals surface area contributed by atoms with Crippen LogP contribution in [0.25, 0.3) is 0 Å². The second kappa shape index (κ2) is 5.64. The topological polar surface area (TPSA) is 49.3 Å². The maximum atomic E-state index is 12.2. The quantitative estimate of drug-likeness (QED) is 0.876. The summed E-state index contributed by atoms with van der Waals surface area (Å²) in [5.41, 5.74) is 1.71. The predicted molar refractivity (Wildman–Crippen MR) is 76.4 cm³/mol. The molecule has 0 spiro atoms. The smallest absolute Gasteiger partial charge is 0.251 e. The third-order valence-electron chi connectivity index (χ3n) is 4.19. The Morgan fingerprint density at radius 2 is 2.00 bits per heavy atom. The Bertz CT molecular complexity index is 462. The van der Waals surface area contributed by atoms with Gasteiger partial charge in [0, 0.05) is 12.1 Å². The van der Waals surface area contributed by atoms with Crippen LogP contribution in [0.2, 0.25) is 0 Å². The van der Waals surface area contributed by atoms with Crippen molar-refractivity contribution in [2.75, 3.05) is 6.54 Å². The molecule has 1 fully saturated rings. The van der Waals surface area contributed by atoms with Gasteiger partial charge < -0.3 is 10.4 Å². The molecule has 0 bridgehead atoms. The molecular weight excluding hydrogens is 238 g/mol. The van der Waals surface area contributed by atoms with E-state index >= 15 is 0 Å². The lowest BCUT2D eigenvalue weighted by Crippen LogP contribution is -2.37. The molecule has 0 aromatic heterocycles. The van der Waals surface area contributed by atoms with Gasteiger partial charge in [0.25, 0.3) is 5.91 Å². The van der Waals surface area contributed by atoms with Crippen LogP contribution in [0, 0.1) is 12.3 Å². The van der Waals surface area contributed by atoms with Crippen molar-refractivity contribution in [2.45, 2.75) is 46.0 Å². The van der Waals surface area contributed by atoms with E-state index in [-0.39, 0.29) is 17.1 Å². The normalized spacial score (nSPS) is 18.0. The number of benzene rings is 1. The predicted octanol–water partition coefficient (Wildman–Crippen LogP) is 3.40. The highest BCUT2D eigenvalue weighted by Crippen LogP contribution is 2.35. The van der Waals surface area contributed by atoms with Gasteiger partial charge in [-0.2, -0.15) is 0 Å². The Morgan fingerprint density at radius 1 is 1.32 bits per heavy atom. The monoisotopic (exact) mass is 261 g/mol. The third kappa shape index (κ3) is 3.49. The number of hydrogen-bond donors (Lipinski definition) is 2. The Hall–Kier alpha value is -1.51. The molecule has 1 amide bonds. The number of phenols is 1. The number of aromatic hydroxyl groups is 1. The van der Waals surface area contributed by atoms with E-state index in [1.165, 1.54) is 32.1 Å². The molecule has 1 aromatic rings. The number of nitrogens with one attached hydrogen (secondary N) is 1. The highest BCUT2D eigenvalue weighted by Gasteiger charge is 2.27. The minimum atomic E-state index is -0.0377. The van der Waals surface area contributed by atoms with Gasteiger partial charge in [-0.25, -0.2) is 0 Å². The van der Waals surface area contributed by atoms with Gasteiger partial charge in [0.2, 0.25) is 0 Å².